The van der Waals surface area contributed by atoms with Gasteiger partial charge in [0.15, 0.2) is 11.5 Å². The SMILES string of the molecule is COC(=O)c1ccccc1N=N/C(C(C)=O)=C(/C)O. The number of aliphatic hydroxyl groups excluding tert-OH is 1. The van der Waals surface area contributed by atoms with E-state index in [0.717, 1.165) is 0 Å². The Morgan fingerprint density at radius 3 is 2.37 bits per heavy atom. The zero-order chi connectivity index (χ0) is 14.4. The lowest BCUT2D eigenvalue weighted by atomic mass is 10.2. The zero-order valence-electron chi connectivity index (χ0n) is 10.9. The van der Waals surface area contributed by atoms with Gasteiger partial charge in [0.2, 0.25) is 0 Å². The third-order valence-electron chi connectivity index (χ3n) is 2.24. The molecule has 0 amide bonds. The van der Waals surface area contributed by atoms with Gasteiger partial charge in [0.1, 0.15) is 11.4 Å². The van der Waals surface area contributed by atoms with Crippen LogP contribution in [-0.2, 0) is 9.53 Å². The standard InChI is InChI=1S/C13H14N2O4/c1-8(16)12(9(2)17)15-14-11-7-5-4-6-10(11)13(18)19-3/h4-7,16H,1-3H3/b12-8-,15-14?. The van der Waals surface area contributed by atoms with Crippen molar-refractivity contribution in [1.29, 1.82) is 0 Å². The van der Waals surface area contributed by atoms with Crippen molar-refractivity contribution in [3.05, 3.63) is 41.3 Å². The monoisotopic (exact) mass is 262 g/mol. The second-order valence-corrected chi connectivity index (χ2v) is 3.70. The Kier molecular flexibility index (Phi) is 4.93. The number of allylic oxidation sites excluding steroid dienone is 2. The highest BCUT2D eigenvalue weighted by Gasteiger charge is 2.12. The van der Waals surface area contributed by atoms with Crippen LogP contribution in [0.1, 0.15) is 24.2 Å². The maximum Gasteiger partial charge on any atom is 0.340 e. The van der Waals surface area contributed by atoms with Crippen molar-refractivity contribution in [3.63, 3.8) is 0 Å². The van der Waals surface area contributed by atoms with E-state index in [9.17, 15) is 14.7 Å². The highest BCUT2D eigenvalue weighted by Crippen LogP contribution is 2.21. The number of hydrogen-bond acceptors (Lipinski definition) is 6. The summed E-state index contributed by atoms with van der Waals surface area (Å²) in [5, 5.41) is 16.8. The first-order valence-electron chi connectivity index (χ1n) is 5.47. The lowest BCUT2D eigenvalue weighted by Gasteiger charge is -2.02. The van der Waals surface area contributed by atoms with Crippen molar-refractivity contribution in [1.82, 2.24) is 0 Å². The number of nitrogens with zero attached hydrogens (tertiary/aromatic N) is 2. The van der Waals surface area contributed by atoms with Gasteiger partial charge in [0.25, 0.3) is 0 Å². The van der Waals surface area contributed by atoms with Crippen LogP contribution in [0.25, 0.3) is 0 Å². The molecule has 0 atom stereocenters. The number of carbonyl (C=O) groups is 2. The molecule has 0 radical (unpaired) electrons. The molecule has 19 heavy (non-hydrogen) atoms. The Bertz CT molecular complexity index is 558. The van der Waals surface area contributed by atoms with E-state index in [4.69, 9.17) is 0 Å². The molecule has 0 aliphatic rings. The summed E-state index contributed by atoms with van der Waals surface area (Å²) in [6, 6.07) is 6.41. The molecule has 6 nitrogen and oxygen atoms in total. The van der Waals surface area contributed by atoms with Crippen molar-refractivity contribution in [2.24, 2.45) is 10.2 Å². The quantitative estimate of drug-likeness (QED) is 0.391. The van der Waals surface area contributed by atoms with Gasteiger partial charge >= 0.3 is 5.97 Å². The van der Waals surface area contributed by atoms with E-state index in [1.807, 2.05) is 0 Å². The van der Waals surface area contributed by atoms with Gasteiger partial charge in [0, 0.05) is 6.92 Å². The highest BCUT2D eigenvalue weighted by atomic mass is 16.5. The van der Waals surface area contributed by atoms with Crippen LogP contribution in [0.2, 0.25) is 0 Å². The predicted octanol–water partition coefficient (Wildman–Crippen LogP) is 2.94. The molecule has 1 aromatic carbocycles. The number of carbonyl (C=O) groups excluding carboxylic acids is 2. The van der Waals surface area contributed by atoms with Crippen molar-refractivity contribution in [3.8, 4) is 0 Å². The molecule has 0 aromatic heterocycles. The van der Waals surface area contributed by atoms with Gasteiger partial charge in [-0.05, 0) is 19.1 Å². The van der Waals surface area contributed by atoms with Crippen molar-refractivity contribution in [2.75, 3.05) is 7.11 Å². The van der Waals surface area contributed by atoms with Crippen molar-refractivity contribution in [2.45, 2.75) is 13.8 Å². The molecular weight excluding hydrogens is 248 g/mol. The van der Waals surface area contributed by atoms with Gasteiger partial charge in [-0.2, -0.15) is 0 Å². The summed E-state index contributed by atoms with van der Waals surface area (Å²) in [6.07, 6.45) is 0. The Balaban J connectivity index is 3.16. The number of benzene rings is 1. The molecule has 0 saturated carbocycles. The topological polar surface area (TPSA) is 88.3 Å². The summed E-state index contributed by atoms with van der Waals surface area (Å²) in [5.74, 6) is -1.20. The summed E-state index contributed by atoms with van der Waals surface area (Å²) in [6.45, 7) is 2.60. The smallest absolute Gasteiger partial charge is 0.340 e. The largest absolute Gasteiger partial charge is 0.510 e. The van der Waals surface area contributed by atoms with E-state index in [-0.39, 0.29) is 22.7 Å². The summed E-state index contributed by atoms with van der Waals surface area (Å²) in [7, 11) is 1.26. The van der Waals surface area contributed by atoms with Crippen LogP contribution in [0.3, 0.4) is 0 Å². The first-order chi connectivity index (χ1) is 8.97. The lowest BCUT2D eigenvalue weighted by molar-refractivity contribution is -0.113. The molecule has 0 heterocycles. The van der Waals surface area contributed by atoms with Crippen LogP contribution in [0.5, 0.6) is 0 Å². The van der Waals surface area contributed by atoms with E-state index in [1.54, 1.807) is 18.2 Å². The molecule has 6 heteroatoms. The maximum atomic E-state index is 11.5. The number of ketones is 1. The average Bonchev–Trinajstić information content (AvgIpc) is 2.37. The number of Topliss-reactive ketones (excluding diaryl/α,β-unsaturated/α-hetero) is 1. The van der Waals surface area contributed by atoms with Crippen molar-refractivity contribution < 1.29 is 19.4 Å². The fraction of sp³-hybridized carbons (Fsp3) is 0.231. The number of methoxy groups -OCH3 is 1. The molecule has 0 fully saturated rings. The minimum atomic E-state index is -0.552. The Labute approximate surface area is 110 Å². The van der Waals surface area contributed by atoms with Crippen LogP contribution in [0, 0.1) is 0 Å². The van der Waals surface area contributed by atoms with Gasteiger partial charge in [-0.15, -0.1) is 10.2 Å². The molecule has 0 aliphatic carbocycles. The lowest BCUT2D eigenvalue weighted by Crippen LogP contribution is -2.01. The normalized spacial score (nSPS) is 12.2. The molecule has 100 valence electrons. The first-order valence-corrected chi connectivity index (χ1v) is 5.47. The number of azo groups is 1. The third-order valence-corrected chi connectivity index (χ3v) is 2.24. The maximum absolute atomic E-state index is 11.5. The molecule has 0 spiro atoms. The van der Waals surface area contributed by atoms with Crippen LogP contribution < -0.4 is 0 Å². The fourth-order valence-corrected chi connectivity index (χ4v) is 1.34. The third kappa shape index (κ3) is 3.74. The van der Waals surface area contributed by atoms with E-state index < -0.39 is 11.8 Å². The predicted molar refractivity (Wildman–Crippen MR) is 68.3 cm³/mol. The molecule has 0 bridgehead atoms. The molecule has 0 aliphatic heterocycles. The molecule has 0 saturated heterocycles. The van der Waals surface area contributed by atoms with Gasteiger partial charge in [0.05, 0.1) is 12.7 Å². The Hall–Kier alpha value is -2.50. The fourth-order valence-electron chi connectivity index (χ4n) is 1.34. The molecule has 0 unspecified atom stereocenters. The Morgan fingerprint density at radius 2 is 1.84 bits per heavy atom. The number of hydrogen-bond donors (Lipinski definition) is 1. The van der Waals surface area contributed by atoms with E-state index in [0.29, 0.717) is 0 Å². The van der Waals surface area contributed by atoms with Crippen LogP contribution in [0.15, 0.2) is 46.0 Å². The molecule has 1 rings (SSSR count). The Morgan fingerprint density at radius 1 is 1.21 bits per heavy atom. The molecule has 1 aromatic rings. The van der Waals surface area contributed by atoms with E-state index in [2.05, 4.69) is 15.0 Å². The van der Waals surface area contributed by atoms with E-state index >= 15 is 0 Å². The summed E-state index contributed by atoms with van der Waals surface area (Å²) >= 11 is 0. The van der Waals surface area contributed by atoms with E-state index in [1.165, 1.54) is 27.0 Å². The number of aliphatic hydroxyl groups is 1. The first kappa shape index (κ1) is 14.6. The molecule has 1 N–H and O–H groups in total. The highest BCUT2D eigenvalue weighted by molar-refractivity contribution is 5.95. The van der Waals surface area contributed by atoms with Gasteiger partial charge < -0.3 is 9.84 Å². The minimum absolute atomic E-state index is 0.153. The number of rotatable bonds is 4. The second kappa shape index (κ2) is 6.44. The van der Waals surface area contributed by atoms with Gasteiger partial charge in [-0.1, -0.05) is 12.1 Å². The number of esters is 1. The number of ether oxygens (including phenoxy) is 1. The van der Waals surface area contributed by atoms with Gasteiger partial charge in [-0.25, -0.2) is 4.79 Å². The average molecular weight is 262 g/mol. The second-order valence-electron chi connectivity index (χ2n) is 3.70. The zero-order valence-corrected chi connectivity index (χ0v) is 10.9. The molecular formula is C13H14N2O4. The van der Waals surface area contributed by atoms with Crippen molar-refractivity contribution >= 4 is 17.4 Å². The van der Waals surface area contributed by atoms with Crippen LogP contribution in [0.4, 0.5) is 5.69 Å². The summed E-state index contributed by atoms with van der Waals surface area (Å²) < 4.78 is 4.61. The van der Waals surface area contributed by atoms with Crippen LogP contribution in [-0.4, -0.2) is 24.0 Å². The summed E-state index contributed by atoms with van der Waals surface area (Å²) in [5.41, 5.74) is 0.335. The van der Waals surface area contributed by atoms with Crippen LogP contribution >= 0.6 is 0 Å². The van der Waals surface area contributed by atoms with Gasteiger partial charge in [-0.3, -0.25) is 4.79 Å². The summed E-state index contributed by atoms with van der Waals surface area (Å²) in [4.78, 5) is 22.7. The minimum Gasteiger partial charge on any atom is -0.510 e.